The predicted octanol–water partition coefficient (Wildman–Crippen LogP) is 3.55. The molecule has 0 spiro atoms. The van der Waals surface area contributed by atoms with Crippen molar-refractivity contribution in [1.82, 2.24) is 4.98 Å². The Morgan fingerprint density at radius 3 is 1.86 bits per heavy atom. The molecule has 29 heavy (non-hydrogen) atoms. The summed E-state index contributed by atoms with van der Waals surface area (Å²) in [5.41, 5.74) is 1.77. The van der Waals surface area contributed by atoms with Crippen LogP contribution in [-0.2, 0) is 19.7 Å². The number of oxazole rings is 1. The molecule has 0 unspecified atom stereocenters. The second-order valence-electron chi connectivity index (χ2n) is 6.42. The van der Waals surface area contributed by atoms with Crippen LogP contribution in [0.1, 0.15) is 11.1 Å². The molecule has 1 heterocycles. The molecule has 0 saturated carbocycles. The first-order valence-electron chi connectivity index (χ1n) is 8.65. The van der Waals surface area contributed by atoms with E-state index in [1.54, 1.807) is 24.3 Å². The van der Waals surface area contributed by atoms with Crippen molar-refractivity contribution in [2.75, 3.05) is 11.9 Å². The zero-order valence-corrected chi connectivity index (χ0v) is 17.5. The summed E-state index contributed by atoms with van der Waals surface area (Å²) in [6.07, 6.45) is 1.49. The molecular weight excluding hydrogens is 412 g/mol. The van der Waals surface area contributed by atoms with Gasteiger partial charge in [-0.2, -0.15) is 4.98 Å². The Balaban J connectivity index is 2.15. The smallest absolute Gasteiger partial charge is 0.323 e. The summed E-state index contributed by atoms with van der Waals surface area (Å²) in [4.78, 5) is 3.81. The normalized spacial score (nSPS) is 11.9. The van der Waals surface area contributed by atoms with E-state index in [0.717, 1.165) is 11.1 Å². The first kappa shape index (κ1) is 20.8. The fraction of sp³-hybridized carbons (Fsp3) is 0.150. The molecule has 0 fully saturated rings. The third-order valence-electron chi connectivity index (χ3n) is 4.13. The van der Waals surface area contributed by atoms with Crippen molar-refractivity contribution < 1.29 is 21.3 Å². The SMILES string of the molecule is C=CCNc1oc(S(=O)(=O)c2ccc(C)cc2)nc1S(=O)(=O)c1ccc(C)cc1. The molecule has 152 valence electrons. The van der Waals surface area contributed by atoms with E-state index in [-0.39, 0.29) is 22.2 Å². The molecule has 7 nitrogen and oxygen atoms in total. The lowest BCUT2D eigenvalue weighted by molar-refractivity contribution is 0.440. The average molecular weight is 433 g/mol. The molecule has 3 aromatic rings. The molecule has 0 saturated heterocycles. The molecule has 0 aliphatic heterocycles. The van der Waals surface area contributed by atoms with E-state index in [4.69, 9.17) is 4.42 Å². The Kier molecular flexibility index (Phi) is 5.63. The molecule has 1 N–H and O–H groups in total. The van der Waals surface area contributed by atoms with E-state index < -0.39 is 29.9 Å². The number of anilines is 1. The van der Waals surface area contributed by atoms with Crippen LogP contribution in [-0.4, -0.2) is 28.4 Å². The summed E-state index contributed by atoms with van der Waals surface area (Å²) in [5, 5.41) is 1.52. The van der Waals surface area contributed by atoms with E-state index in [1.165, 1.54) is 30.3 Å². The summed E-state index contributed by atoms with van der Waals surface area (Å²) >= 11 is 0. The minimum atomic E-state index is -4.14. The van der Waals surface area contributed by atoms with E-state index >= 15 is 0 Å². The summed E-state index contributed by atoms with van der Waals surface area (Å²) in [6.45, 7) is 7.37. The summed E-state index contributed by atoms with van der Waals surface area (Å²) in [7, 11) is -8.25. The van der Waals surface area contributed by atoms with Gasteiger partial charge >= 0.3 is 5.22 Å². The zero-order chi connectivity index (χ0) is 21.2. The highest BCUT2D eigenvalue weighted by Gasteiger charge is 2.33. The number of aryl methyl sites for hydroxylation is 2. The number of rotatable bonds is 7. The van der Waals surface area contributed by atoms with Gasteiger partial charge in [-0.25, -0.2) is 16.8 Å². The van der Waals surface area contributed by atoms with Crippen LogP contribution in [0.4, 0.5) is 5.88 Å². The van der Waals surface area contributed by atoms with Crippen LogP contribution in [0.3, 0.4) is 0 Å². The van der Waals surface area contributed by atoms with Crippen molar-refractivity contribution in [2.24, 2.45) is 0 Å². The van der Waals surface area contributed by atoms with Crippen LogP contribution in [0.2, 0.25) is 0 Å². The molecule has 0 bridgehead atoms. The van der Waals surface area contributed by atoms with Gasteiger partial charge in [-0.05, 0) is 38.1 Å². The molecule has 0 atom stereocenters. The number of nitrogens with zero attached hydrogens (tertiary/aromatic N) is 1. The van der Waals surface area contributed by atoms with Gasteiger partial charge in [-0.3, -0.25) is 0 Å². The molecule has 0 aliphatic carbocycles. The third kappa shape index (κ3) is 4.10. The molecule has 0 aliphatic rings. The van der Waals surface area contributed by atoms with Crippen molar-refractivity contribution >= 4 is 25.6 Å². The van der Waals surface area contributed by atoms with Crippen LogP contribution in [0.5, 0.6) is 0 Å². The van der Waals surface area contributed by atoms with E-state index in [1.807, 2.05) is 13.8 Å². The highest BCUT2D eigenvalue weighted by Crippen LogP contribution is 2.32. The van der Waals surface area contributed by atoms with Gasteiger partial charge in [0.05, 0.1) is 9.79 Å². The second-order valence-corrected chi connectivity index (χ2v) is 10.1. The van der Waals surface area contributed by atoms with Crippen LogP contribution in [0, 0.1) is 13.8 Å². The second kappa shape index (κ2) is 7.84. The Bertz CT molecular complexity index is 1240. The van der Waals surface area contributed by atoms with Crippen LogP contribution < -0.4 is 5.32 Å². The van der Waals surface area contributed by atoms with Crippen LogP contribution in [0.15, 0.2) is 85.6 Å². The lowest BCUT2D eigenvalue weighted by Gasteiger charge is -2.04. The number of aromatic nitrogens is 1. The van der Waals surface area contributed by atoms with Gasteiger partial charge in [0, 0.05) is 6.54 Å². The highest BCUT2D eigenvalue weighted by atomic mass is 32.2. The fourth-order valence-electron chi connectivity index (χ4n) is 2.51. The van der Waals surface area contributed by atoms with E-state index in [0.29, 0.717) is 0 Å². The van der Waals surface area contributed by atoms with Crippen LogP contribution >= 0.6 is 0 Å². The maximum absolute atomic E-state index is 13.1. The number of nitrogens with one attached hydrogen (secondary N) is 1. The maximum atomic E-state index is 13.1. The number of benzene rings is 2. The number of hydrogen-bond acceptors (Lipinski definition) is 7. The van der Waals surface area contributed by atoms with Crippen molar-refractivity contribution in [3.63, 3.8) is 0 Å². The maximum Gasteiger partial charge on any atom is 0.323 e. The molecule has 2 aromatic carbocycles. The van der Waals surface area contributed by atoms with Crippen molar-refractivity contribution in [3.8, 4) is 0 Å². The first-order chi connectivity index (χ1) is 13.7. The van der Waals surface area contributed by atoms with Gasteiger partial charge in [0.25, 0.3) is 9.84 Å². The predicted molar refractivity (Wildman–Crippen MR) is 108 cm³/mol. The standard InChI is InChI=1S/C20H20N2O5S2/c1-4-13-21-18-19(28(23,24)16-9-5-14(2)6-10-16)22-20(27-18)29(25,26)17-11-7-15(3)8-12-17/h4-12,21H,1,13H2,2-3H3. The van der Waals surface area contributed by atoms with Gasteiger partial charge in [0.15, 0.2) is 0 Å². The van der Waals surface area contributed by atoms with Crippen molar-refractivity contribution in [3.05, 3.63) is 72.3 Å². The summed E-state index contributed by atoms with van der Waals surface area (Å²) in [5.74, 6) is -0.254. The van der Waals surface area contributed by atoms with Gasteiger partial charge < -0.3 is 9.73 Å². The summed E-state index contributed by atoms with van der Waals surface area (Å²) < 4.78 is 57.3. The van der Waals surface area contributed by atoms with Crippen LogP contribution in [0.25, 0.3) is 0 Å². The number of sulfone groups is 2. The highest BCUT2D eigenvalue weighted by molar-refractivity contribution is 7.92. The largest absolute Gasteiger partial charge is 0.410 e. The van der Waals surface area contributed by atoms with E-state index in [9.17, 15) is 16.8 Å². The summed E-state index contributed by atoms with van der Waals surface area (Å²) in [6, 6.07) is 12.3. The fourth-order valence-corrected chi connectivity index (χ4v) is 4.95. The van der Waals surface area contributed by atoms with Gasteiger partial charge in [0.2, 0.25) is 20.7 Å². The molecule has 0 amide bonds. The van der Waals surface area contributed by atoms with E-state index in [2.05, 4.69) is 16.9 Å². The van der Waals surface area contributed by atoms with Gasteiger partial charge in [0.1, 0.15) is 0 Å². The Labute approximate surface area is 169 Å². The quantitative estimate of drug-likeness (QED) is 0.569. The lowest BCUT2D eigenvalue weighted by Crippen LogP contribution is -2.08. The first-order valence-corrected chi connectivity index (χ1v) is 11.6. The molecule has 3 rings (SSSR count). The molecular formula is C20H20N2O5S2. The monoisotopic (exact) mass is 432 g/mol. The zero-order valence-electron chi connectivity index (χ0n) is 15.9. The minimum absolute atomic E-state index is 0.0164. The van der Waals surface area contributed by atoms with Gasteiger partial charge in [-0.1, -0.05) is 41.5 Å². The number of hydrogen-bond donors (Lipinski definition) is 1. The molecule has 1 aromatic heterocycles. The minimum Gasteiger partial charge on any atom is -0.410 e. The molecule has 0 radical (unpaired) electrons. The topological polar surface area (TPSA) is 106 Å². The Morgan fingerprint density at radius 1 is 0.897 bits per heavy atom. The lowest BCUT2D eigenvalue weighted by atomic mass is 10.2. The average Bonchev–Trinajstić information content (AvgIpc) is 3.13. The Hall–Kier alpha value is -2.91. The third-order valence-corrected chi connectivity index (χ3v) is 7.34. The van der Waals surface area contributed by atoms with Crippen molar-refractivity contribution in [2.45, 2.75) is 33.9 Å². The molecule has 9 heteroatoms. The van der Waals surface area contributed by atoms with Gasteiger partial charge in [-0.15, -0.1) is 6.58 Å². The van der Waals surface area contributed by atoms with Crippen molar-refractivity contribution in [1.29, 1.82) is 0 Å². The Morgan fingerprint density at radius 2 is 1.38 bits per heavy atom.